The zero-order chi connectivity index (χ0) is 31.3. The molecule has 0 unspecified atom stereocenters. The fraction of sp³-hybridized carbons (Fsp3) is 0.459. The molecule has 7 nitrogen and oxygen atoms in total. The van der Waals surface area contributed by atoms with Crippen LogP contribution in [0.1, 0.15) is 50.3 Å². The number of piperazine rings is 1. The Morgan fingerprint density at radius 2 is 1.55 bits per heavy atom. The number of rotatable bonds is 17. The first-order valence-electron chi connectivity index (χ1n) is 16.2. The summed E-state index contributed by atoms with van der Waals surface area (Å²) in [4.78, 5) is 33.4. The maximum absolute atomic E-state index is 13.7. The van der Waals surface area contributed by atoms with Crippen LogP contribution < -0.4 is 10.1 Å². The lowest BCUT2D eigenvalue weighted by molar-refractivity contribution is -0.162. The Kier molecular flexibility index (Phi) is 12.8. The molecule has 3 aromatic carbocycles. The normalized spacial score (nSPS) is 16.2. The van der Waals surface area contributed by atoms with Crippen molar-refractivity contribution in [3.63, 3.8) is 0 Å². The Hall–Kier alpha value is -3.68. The molecule has 2 atom stereocenters. The maximum atomic E-state index is 13.7. The third-order valence-corrected chi connectivity index (χ3v) is 8.50. The molecule has 4 rings (SSSR count). The van der Waals surface area contributed by atoms with Gasteiger partial charge in [-0.1, -0.05) is 86.6 Å². The maximum Gasteiger partial charge on any atom is 0.312 e. The van der Waals surface area contributed by atoms with E-state index in [2.05, 4.69) is 67.5 Å². The van der Waals surface area contributed by atoms with E-state index < -0.39 is 0 Å². The van der Waals surface area contributed by atoms with E-state index in [1.165, 1.54) is 11.1 Å². The van der Waals surface area contributed by atoms with Gasteiger partial charge >= 0.3 is 11.8 Å². The second-order valence-electron chi connectivity index (χ2n) is 12.2. The van der Waals surface area contributed by atoms with Crippen molar-refractivity contribution in [3.05, 3.63) is 102 Å². The fourth-order valence-corrected chi connectivity index (χ4v) is 6.02. The summed E-state index contributed by atoms with van der Waals surface area (Å²) in [6.45, 7) is 11.2. The average Bonchev–Trinajstić information content (AvgIpc) is 3.03. The summed E-state index contributed by atoms with van der Waals surface area (Å²) in [6.07, 6.45) is 2.47. The molecular formula is C37H50N4O3. The van der Waals surface area contributed by atoms with Crippen LogP contribution in [-0.2, 0) is 29.1 Å². The van der Waals surface area contributed by atoms with Crippen molar-refractivity contribution in [1.82, 2.24) is 20.0 Å². The monoisotopic (exact) mass is 598 g/mol. The van der Waals surface area contributed by atoms with Crippen molar-refractivity contribution in [2.75, 3.05) is 39.8 Å². The quantitative estimate of drug-likeness (QED) is 0.211. The minimum absolute atomic E-state index is 0.0275. The van der Waals surface area contributed by atoms with Gasteiger partial charge in [-0.3, -0.25) is 9.59 Å². The molecule has 236 valence electrons. The van der Waals surface area contributed by atoms with Gasteiger partial charge in [0.2, 0.25) is 0 Å². The Bertz CT molecular complexity index is 1280. The lowest BCUT2D eigenvalue weighted by Crippen LogP contribution is -2.64. The van der Waals surface area contributed by atoms with Gasteiger partial charge < -0.3 is 24.8 Å². The second kappa shape index (κ2) is 17.0. The highest BCUT2D eigenvalue weighted by Crippen LogP contribution is 2.24. The summed E-state index contributed by atoms with van der Waals surface area (Å²) in [6, 6.07) is 28.7. The number of carbonyl (C=O) groups excluding carboxylic acids is 2. The number of amides is 2. The molecular weight excluding hydrogens is 548 g/mol. The molecule has 1 fully saturated rings. The van der Waals surface area contributed by atoms with E-state index in [-0.39, 0.29) is 29.8 Å². The molecule has 0 radical (unpaired) electrons. The van der Waals surface area contributed by atoms with Crippen LogP contribution in [0, 0.1) is 5.92 Å². The van der Waals surface area contributed by atoms with Gasteiger partial charge in [0.05, 0.1) is 12.6 Å². The third-order valence-electron chi connectivity index (χ3n) is 8.50. The van der Waals surface area contributed by atoms with Gasteiger partial charge in [0.15, 0.2) is 0 Å². The summed E-state index contributed by atoms with van der Waals surface area (Å²) in [5, 5.41) is 3.59. The first-order valence-corrected chi connectivity index (χ1v) is 16.2. The number of hydrogen-bond acceptors (Lipinski definition) is 5. The Balaban J connectivity index is 1.41. The molecule has 0 bridgehead atoms. The van der Waals surface area contributed by atoms with E-state index in [0.29, 0.717) is 32.7 Å². The Labute approximate surface area is 264 Å². The average molecular weight is 599 g/mol. The summed E-state index contributed by atoms with van der Waals surface area (Å²) in [5.41, 5.74) is 3.62. The molecule has 1 heterocycles. The third kappa shape index (κ3) is 9.66. The highest BCUT2D eigenvalue weighted by molar-refractivity contribution is 6.35. The van der Waals surface area contributed by atoms with Gasteiger partial charge in [-0.25, -0.2) is 0 Å². The largest absolute Gasteiger partial charge is 0.494 e. The minimum atomic E-state index is -0.379. The zero-order valence-electron chi connectivity index (χ0n) is 27.0. The molecule has 0 aliphatic carbocycles. The van der Waals surface area contributed by atoms with Crippen LogP contribution in [0.5, 0.6) is 5.75 Å². The molecule has 1 N–H and O–H groups in total. The number of benzene rings is 3. The number of nitrogens with one attached hydrogen (secondary N) is 1. The van der Waals surface area contributed by atoms with E-state index in [1.54, 1.807) is 0 Å². The minimum Gasteiger partial charge on any atom is -0.494 e. The van der Waals surface area contributed by atoms with E-state index in [0.717, 1.165) is 43.8 Å². The van der Waals surface area contributed by atoms with Gasteiger partial charge in [-0.05, 0) is 74.5 Å². The fourth-order valence-electron chi connectivity index (χ4n) is 6.02. The van der Waals surface area contributed by atoms with E-state index in [9.17, 15) is 9.59 Å². The van der Waals surface area contributed by atoms with Crippen molar-refractivity contribution in [3.8, 4) is 5.75 Å². The standard InChI is InChI=1S/C37H50N4O3/c1-5-44-34-20-18-30(19-21-34)22-24-40-35(29(2)3)28-41(37(43)36(40)42)33(26-38-25-31-13-8-6-9-14-31)17-12-23-39(4)27-32-15-10-7-11-16-32/h6-11,13-16,18-21,29,33,35,38H,5,12,17,22-28H2,1-4H3/t33-,35-/m1/s1. The summed E-state index contributed by atoms with van der Waals surface area (Å²) in [7, 11) is 2.14. The molecule has 0 aromatic heterocycles. The van der Waals surface area contributed by atoms with Gasteiger partial charge in [0.1, 0.15) is 5.75 Å². The molecule has 0 saturated carbocycles. The zero-order valence-corrected chi connectivity index (χ0v) is 27.0. The van der Waals surface area contributed by atoms with Crippen LogP contribution >= 0.6 is 0 Å². The number of ether oxygens (including phenoxy) is 1. The van der Waals surface area contributed by atoms with E-state index in [4.69, 9.17) is 4.74 Å². The number of hydrogen-bond donors (Lipinski definition) is 1. The summed E-state index contributed by atoms with van der Waals surface area (Å²) in [5.74, 6) is 0.312. The van der Waals surface area contributed by atoms with Gasteiger partial charge in [0.25, 0.3) is 0 Å². The molecule has 1 saturated heterocycles. The summed E-state index contributed by atoms with van der Waals surface area (Å²) >= 11 is 0. The predicted octanol–water partition coefficient (Wildman–Crippen LogP) is 5.39. The van der Waals surface area contributed by atoms with Crippen molar-refractivity contribution in [2.45, 2.75) is 65.2 Å². The smallest absolute Gasteiger partial charge is 0.312 e. The van der Waals surface area contributed by atoms with Crippen molar-refractivity contribution >= 4 is 11.8 Å². The second-order valence-corrected chi connectivity index (χ2v) is 12.2. The SMILES string of the molecule is CCOc1ccc(CCN2C(=O)C(=O)N([C@H](CCCN(C)Cc3ccccc3)CNCc3ccccc3)C[C@@H]2C(C)C)cc1. The van der Waals surface area contributed by atoms with Gasteiger partial charge in [-0.15, -0.1) is 0 Å². The number of nitrogens with zero attached hydrogens (tertiary/aromatic N) is 3. The molecule has 1 aliphatic heterocycles. The lowest BCUT2D eigenvalue weighted by Gasteiger charge is -2.45. The number of carbonyl (C=O) groups is 2. The van der Waals surface area contributed by atoms with Crippen LogP contribution in [0.2, 0.25) is 0 Å². The van der Waals surface area contributed by atoms with Crippen molar-refractivity contribution < 1.29 is 14.3 Å². The van der Waals surface area contributed by atoms with Crippen molar-refractivity contribution in [2.24, 2.45) is 5.92 Å². The summed E-state index contributed by atoms with van der Waals surface area (Å²) < 4.78 is 5.57. The van der Waals surface area contributed by atoms with Crippen LogP contribution in [0.25, 0.3) is 0 Å². The Morgan fingerprint density at radius 3 is 2.18 bits per heavy atom. The van der Waals surface area contributed by atoms with Crippen LogP contribution in [0.15, 0.2) is 84.9 Å². The van der Waals surface area contributed by atoms with Crippen LogP contribution in [0.4, 0.5) is 0 Å². The van der Waals surface area contributed by atoms with Crippen LogP contribution in [0.3, 0.4) is 0 Å². The molecule has 1 aliphatic rings. The van der Waals surface area contributed by atoms with Gasteiger partial charge in [0, 0.05) is 38.8 Å². The first kappa shape index (κ1) is 33.2. The molecule has 2 amide bonds. The molecule has 44 heavy (non-hydrogen) atoms. The molecule has 7 heteroatoms. The predicted molar refractivity (Wildman–Crippen MR) is 177 cm³/mol. The lowest BCUT2D eigenvalue weighted by atomic mass is 9.96. The van der Waals surface area contributed by atoms with Gasteiger partial charge in [-0.2, -0.15) is 0 Å². The van der Waals surface area contributed by atoms with E-state index >= 15 is 0 Å². The molecule has 3 aromatic rings. The van der Waals surface area contributed by atoms with Crippen molar-refractivity contribution in [1.29, 1.82) is 0 Å². The highest BCUT2D eigenvalue weighted by Gasteiger charge is 2.42. The highest BCUT2D eigenvalue weighted by atomic mass is 16.5. The first-order chi connectivity index (χ1) is 21.4. The topological polar surface area (TPSA) is 65.1 Å². The van der Waals surface area contributed by atoms with Crippen LogP contribution in [-0.4, -0.2) is 78.4 Å². The molecule has 0 spiro atoms. The Morgan fingerprint density at radius 1 is 0.886 bits per heavy atom. The van der Waals surface area contributed by atoms with E-state index in [1.807, 2.05) is 65.3 Å².